The summed E-state index contributed by atoms with van der Waals surface area (Å²) in [6.07, 6.45) is 5.44. The molecule has 4 nitrogen and oxygen atoms in total. The van der Waals surface area contributed by atoms with Crippen molar-refractivity contribution < 1.29 is 46.7 Å². The summed E-state index contributed by atoms with van der Waals surface area (Å²) in [7, 11) is -4.79. The van der Waals surface area contributed by atoms with Gasteiger partial charge >= 0.3 is 29.6 Å². The van der Waals surface area contributed by atoms with Crippen LogP contribution in [-0.2, 0) is 23.2 Å². The summed E-state index contributed by atoms with van der Waals surface area (Å²) in [5, 5.41) is 0. The fourth-order valence-electron chi connectivity index (χ4n) is 3.01. The van der Waals surface area contributed by atoms with Gasteiger partial charge in [-0.1, -0.05) is 63.1 Å². The van der Waals surface area contributed by atoms with Crippen LogP contribution in [0.5, 0.6) is 5.75 Å². The van der Waals surface area contributed by atoms with Gasteiger partial charge < -0.3 is 8.74 Å². The van der Waals surface area contributed by atoms with Crippen molar-refractivity contribution in [2.45, 2.75) is 52.4 Å². The number of hydrogen-bond donors (Lipinski definition) is 0. The Morgan fingerprint density at radius 3 is 2.00 bits per heavy atom. The number of hydrogen-bond acceptors (Lipinski definition) is 4. The second-order valence-electron chi connectivity index (χ2n) is 6.13. The van der Waals surface area contributed by atoms with Crippen LogP contribution in [0.1, 0.15) is 50.7 Å². The Morgan fingerprint density at radius 1 is 0.885 bits per heavy atom. The molecule has 0 unspecified atom stereocenters. The Labute approximate surface area is 179 Å². The van der Waals surface area contributed by atoms with Crippen LogP contribution in [0, 0.1) is 0 Å². The minimum absolute atomic E-state index is 0. The quantitative estimate of drug-likeness (QED) is 0.376. The average Bonchev–Trinajstić information content (AvgIpc) is 2.58. The van der Waals surface area contributed by atoms with Crippen LogP contribution in [0.2, 0.25) is 0 Å². The Bertz CT molecular complexity index is 789. The molecular weight excluding hydrogens is 359 g/mol. The van der Waals surface area contributed by atoms with E-state index in [9.17, 15) is 13.0 Å². The third-order valence-corrected chi connectivity index (χ3v) is 4.61. The molecular formula is C20H25NaO4S. The molecule has 0 aromatic heterocycles. The van der Waals surface area contributed by atoms with Gasteiger partial charge in [-0.15, -0.1) is 0 Å². The van der Waals surface area contributed by atoms with Gasteiger partial charge in [-0.05, 0) is 54.0 Å². The topological polar surface area (TPSA) is 66.4 Å². The van der Waals surface area contributed by atoms with Crippen molar-refractivity contribution in [2.75, 3.05) is 0 Å². The van der Waals surface area contributed by atoms with Gasteiger partial charge in [-0.25, -0.2) is 8.42 Å². The fraction of sp³-hybridized carbons (Fsp3) is 0.400. The van der Waals surface area contributed by atoms with Gasteiger partial charge in [0.1, 0.15) is 5.75 Å². The van der Waals surface area contributed by atoms with E-state index in [1.807, 2.05) is 36.4 Å². The van der Waals surface area contributed by atoms with Crippen molar-refractivity contribution in [3.63, 3.8) is 0 Å². The van der Waals surface area contributed by atoms with Crippen molar-refractivity contribution in [2.24, 2.45) is 0 Å². The van der Waals surface area contributed by atoms with Crippen LogP contribution >= 0.6 is 0 Å². The number of unbranched alkanes of at least 4 members (excludes halogenated alkanes) is 2. The molecule has 0 saturated carbocycles. The van der Waals surface area contributed by atoms with Crippen molar-refractivity contribution >= 4 is 10.4 Å². The van der Waals surface area contributed by atoms with E-state index in [-0.39, 0.29) is 35.3 Å². The Morgan fingerprint density at radius 2 is 1.46 bits per heavy atom. The molecule has 2 rings (SSSR count). The molecule has 26 heavy (non-hydrogen) atoms. The normalized spacial score (nSPS) is 11.0. The second kappa shape index (κ2) is 11.1. The van der Waals surface area contributed by atoms with E-state index < -0.39 is 10.4 Å². The minimum atomic E-state index is -4.79. The molecule has 0 aliphatic carbocycles. The zero-order chi connectivity index (χ0) is 18.3. The van der Waals surface area contributed by atoms with E-state index in [2.05, 4.69) is 13.8 Å². The summed E-state index contributed by atoms with van der Waals surface area (Å²) >= 11 is 0. The van der Waals surface area contributed by atoms with E-state index in [0.717, 1.165) is 54.4 Å². The molecule has 0 spiro atoms. The first-order valence-electron chi connectivity index (χ1n) is 8.81. The standard InChI is InChI=1S/C20H26O4S.Na/c1-3-5-12-18-17(16-10-8-7-9-11-16)14-15-20(24-25(21,22)23)19(18)13-6-4-2;/h7-11,14-15H,3-6,12-13H2,1-2H3,(H,21,22,23);/q;+1/p-1. The molecule has 0 amide bonds. The molecule has 0 bridgehead atoms. The molecule has 0 atom stereocenters. The summed E-state index contributed by atoms with van der Waals surface area (Å²) in [6, 6.07) is 13.5. The molecule has 0 saturated heterocycles. The molecule has 0 heterocycles. The van der Waals surface area contributed by atoms with Crippen molar-refractivity contribution in [3.8, 4) is 16.9 Å². The summed E-state index contributed by atoms with van der Waals surface area (Å²) in [4.78, 5) is 0. The molecule has 2 aromatic rings. The van der Waals surface area contributed by atoms with Crippen LogP contribution < -0.4 is 33.7 Å². The van der Waals surface area contributed by atoms with Crippen molar-refractivity contribution in [1.82, 2.24) is 0 Å². The van der Waals surface area contributed by atoms with E-state index in [4.69, 9.17) is 4.18 Å². The van der Waals surface area contributed by atoms with Gasteiger partial charge in [0.05, 0.1) is 0 Å². The molecule has 0 radical (unpaired) electrons. The monoisotopic (exact) mass is 384 g/mol. The van der Waals surface area contributed by atoms with Crippen LogP contribution in [0.15, 0.2) is 42.5 Å². The minimum Gasteiger partial charge on any atom is -0.716 e. The molecule has 0 fully saturated rings. The fourth-order valence-corrected chi connectivity index (χ4v) is 3.39. The summed E-state index contributed by atoms with van der Waals surface area (Å²) < 4.78 is 38.1. The second-order valence-corrected chi connectivity index (χ2v) is 7.12. The first kappa shape index (κ1) is 23.2. The summed E-state index contributed by atoms with van der Waals surface area (Å²) in [5.41, 5.74) is 4.09. The predicted molar refractivity (Wildman–Crippen MR) is 99.4 cm³/mol. The predicted octanol–water partition coefficient (Wildman–Crippen LogP) is 1.88. The Hall–Kier alpha value is -0.850. The van der Waals surface area contributed by atoms with E-state index in [0.29, 0.717) is 6.42 Å². The largest absolute Gasteiger partial charge is 1.00 e. The van der Waals surface area contributed by atoms with E-state index in [1.54, 1.807) is 6.07 Å². The van der Waals surface area contributed by atoms with E-state index >= 15 is 0 Å². The molecule has 136 valence electrons. The first-order chi connectivity index (χ1) is 12.0. The zero-order valence-electron chi connectivity index (χ0n) is 15.8. The van der Waals surface area contributed by atoms with Gasteiger partial charge in [-0.3, -0.25) is 0 Å². The maximum absolute atomic E-state index is 11.1. The molecule has 2 aromatic carbocycles. The first-order valence-corrected chi connectivity index (χ1v) is 10.1. The molecule has 0 aliphatic rings. The number of benzene rings is 2. The molecule has 0 aliphatic heterocycles. The summed E-state index contributed by atoms with van der Waals surface area (Å²) in [6.45, 7) is 4.20. The Balaban J connectivity index is 0.00000338. The van der Waals surface area contributed by atoms with E-state index in [1.165, 1.54) is 0 Å². The SMILES string of the molecule is CCCCc1c(OS(=O)(=O)[O-])ccc(-c2ccccc2)c1CCCC.[Na+]. The zero-order valence-corrected chi connectivity index (χ0v) is 18.6. The maximum Gasteiger partial charge on any atom is 1.00 e. The van der Waals surface area contributed by atoms with Crippen LogP contribution in [0.25, 0.3) is 11.1 Å². The third-order valence-electron chi connectivity index (χ3n) is 4.23. The smallest absolute Gasteiger partial charge is 0.716 e. The number of rotatable bonds is 9. The van der Waals surface area contributed by atoms with Gasteiger partial charge in [0, 0.05) is 0 Å². The van der Waals surface area contributed by atoms with Crippen LogP contribution in [-0.4, -0.2) is 13.0 Å². The maximum atomic E-state index is 11.1. The van der Waals surface area contributed by atoms with Crippen LogP contribution in [0.3, 0.4) is 0 Å². The van der Waals surface area contributed by atoms with Gasteiger partial charge in [0.2, 0.25) is 0 Å². The molecule has 0 N–H and O–H groups in total. The molecule has 6 heteroatoms. The van der Waals surface area contributed by atoms with Crippen molar-refractivity contribution in [1.29, 1.82) is 0 Å². The van der Waals surface area contributed by atoms with Gasteiger partial charge in [-0.2, -0.15) is 0 Å². The Kier molecular flexibility index (Phi) is 9.90. The van der Waals surface area contributed by atoms with Crippen LogP contribution in [0.4, 0.5) is 0 Å². The summed E-state index contributed by atoms with van der Waals surface area (Å²) in [5.74, 6) is 0.175. The third kappa shape index (κ3) is 6.71. The van der Waals surface area contributed by atoms with Gasteiger partial charge in [0.15, 0.2) is 0 Å². The van der Waals surface area contributed by atoms with Gasteiger partial charge in [0.25, 0.3) is 10.4 Å². The van der Waals surface area contributed by atoms with Crippen molar-refractivity contribution in [3.05, 3.63) is 53.6 Å². The average molecular weight is 384 g/mol.